The molecular formula is C16H16N2O2S. The molecule has 0 atom stereocenters. The van der Waals surface area contributed by atoms with Gasteiger partial charge in [0.2, 0.25) is 0 Å². The fraction of sp³-hybridized carbons (Fsp3) is 0.188. The molecule has 0 aliphatic rings. The summed E-state index contributed by atoms with van der Waals surface area (Å²) in [7, 11) is -3.68. The Morgan fingerprint density at radius 1 is 1.05 bits per heavy atom. The zero-order valence-electron chi connectivity index (χ0n) is 12.1. The summed E-state index contributed by atoms with van der Waals surface area (Å²) in [4.78, 5) is 0.287. The van der Waals surface area contributed by atoms with Crippen LogP contribution in [0.25, 0.3) is 0 Å². The van der Waals surface area contributed by atoms with E-state index in [1.165, 1.54) is 6.07 Å². The lowest BCUT2D eigenvalue weighted by atomic mass is 10.1. The predicted octanol–water partition coefficient (Wildman–Crippen LogP) is 3.28. The van der Waals surface area contributed by atoms with Gasteiger partial charge in [-0.3, -0.25) is 4.72 Å². The molecule has 0 fully saturated rings. The third kappa shape index (κ3) is 3.23. The molecule has 0 saturated heterocycles. The average molecular weight is 300 g/mol. The Labute approximate surface area is 125 Å². The van der Waals surface area contributed by atoms with Crippen molar-refractivity contribution in [1.29, 1.82) is 5.26 Å². The van der Waals surface area contributed by atoms with Gasteiger partial charge in [-0.05, 0) is 50.1 Å². The minimum Gasteiger partial charge on any atom is -0.280 e. The largest absolute Gasteiger partial charge is 0.280 e. The Balaban J connectivity index is 2.46. The average Bonchev–Trinajstić information content (AvgIpc) is 2.36. The standard InChI is InChI=1S/C16H16N2O2S/c1-11-7-12(2)16(13(3)8-11)21(19,20)18-15-6-4-5-14(9-15)10-17/h4-9,18H,1-3H3. The van der Waals surface area contributed by atoms with Crippen molar-refractivity contribution < 1.29 is 8.42 Å². The fourth-order valence-electron chi connectivity index (χ4n) is 2.45. The van der Waals surface area contributed by atoms with Crippen LogP contribution in [0.5, 0.6) is 0 Å². The van der Waals surface area contributed by atoms with Crippen LogP contribution in [0.4, 0.5) is 5.69 Å². The first-order valence-corrected chi connectivity index (χ1v) is 7.92. The van der Waals surface area contributed by atoms with E-state index < -0.39 is 10.0 Å². The SMILES string of the molecule is Cc1cc(C)c(S(=O)(=O)Nc2cccc(C#N)c2)c(C)c1. The molecule has 0 aromatic heterocycles. The third-order valence-corrected chi connectivity index (χ3v) is 4.80. The quantitative estimate of drug-likeness (QED) is 0.945. The first-order chi connectivity index (χ1) is 9.83. The van der Waals surface area contributed by atoms with E-state index in [0.29, 0.717) is 22.4 Å². The summed E-state index contributed by atoms with van der Waals surface area (Å²) in [5.74, 6) is 0. The minimum atomic E-state index is -3.68. The maximum Gasteiger partial charge on any atom is 0.262 e. The Morgan fingerprint density at radius 3 is 2.24 bits per heavy atom. The molecule has 21 heavy (non-hydrogen) atoms. The van der Waals surface area contributed by atoms with E-state index in [1.54, 1.807) is 32.0 Å². The van der Waals surface area contributed by atoms with Gasteiger partial charge < -0.3 is 0 Å². The molecule has 4 nitrogen and oxygen atoms in total. The number of sulfonamides is 1. The van der Waals surface area contributed by atoms with Crippen molar-refractivity contribution in [1.82, 2.24) is 0 Å². The number of nitriles is 1. The van der Waals surface area contributed by atoms with Gasteiger partial charge in [0.25, 0.3) is 10.0 Å². The summed E-state index contributed by atoms with van der Waals surface area (Å²) in [5, 5.41) is 8.87. The van der Waals surface area contributed by atoms with Gasteiger partial charge in [-0.1, -0.05) is 23.8 Å². The lowest BCUT2D eigenvalue weighted by Gasteiger charge is -2.14. The van der Waals surface area contributed by atoms with Gasteiger partial charge in [-0.25, -0.2) is 8.42 Å². The van der Waals surface area contributed by atoms with E-state index in [4.69, 9.17) is 5.26 Å². The van der Waals surface area contributed by atoms with E-state index >= 15 is 0 Å². The molecule has 2 aromatic carbocycles. The normalized spacial score (nSPS) is 11.0. The summed E-state index contributed by atoms with van der Waals surface area (Å²) in [6, 6.07) is 12.1. The third-order valence-electron chi connectivity index (χ3n) is 3.12. The summed E-state index contributed by atoms with van der Waals surface area (Å²) in [5.41, 5.74) is 3.23. The summed E-state index contributed by atoms with van der Waals surface area (Å²) in [6.07, 6.45) is 0. The van der Waals surface area contributed by atoms with E-state index in [0.717, 1.165) is 5.56 Å². The molecule has 0 amide bonds. The Kier molecular flexibility index (Phi) is 4.01. The van der Waals surface area contributed by atoms with Crippen molar-refractivity contribution in [3.63, 3.8) is 0 Å². The predicted molar refractivity (Wildman–Crippen MR) is 82.6 cm³/mol. The van der Waals surface area contributed by atoms with E-state index in [9.17, 15) is 8.42 Å². The second-order valence-corrected chi connectivity index (χ2v) is 6.65. The number of anilines is 1. The van der Waals surface area contributed by atoms with Crippen LogP contribution in [-0.2, 0) is 10.0 Å². The molecule has 2 aromatic rings. The molecule has 2 rings (SSSR count). The minimum absolute atomic E-state index is 0.287. The zero-order valence-corrected chi connectivity index (χ0v) is 13.0. The van der Waals surface area contributed by atoms with E-state index in [1.807, 2.05) is 25.1 Å². The van der Waals surface area contributed by atoms with Crippen LogP contribution in [0.3, 0.4) is 0 Å². The number of nitrogens with one attached hydrogen (secondary N) is 1. The zero-order chi connectivity index (χ0) is 15.6. The van der Waals surface area contributed by atoms with Crippen LogP contribution in [-0.4, -0.2) is 8.42 Å². The molecule has 0 aliphatic carbocycles. The second kappa shape index (κ2) is 5.58. The molecule has 0 heterocycles. The molecular weight excluding hydrogens is 284 g/mol. The monoisotopic (exact) mass is 300 g/mol. The van der Waals surface area contributed by atoms with Crippen LogP contribution in [0.2, 0.25) is 0 Å². The van der Waals surface area contributed by atoms with Gasteiger partial charge in [-0.2, -0.15) is 5.26 Å². The van der Waals surface area contributed by atoms with Crippen molar-refractivity contribution in [3.8, 4) is 6.07 Å². The number of hydrogen-bond acceptors (Lipinski definition) is 3. The maximum atomic E-state index is 12.6. The molecule has 5 heteroatoms. The van der Waals surface area contributed by atoms with Crippen LogP contribution >= 0.6 is 0 Å². The lowest BCUT2D eigenvalue weighted by molar-refractivity contribution is 0.600. The molecule has 0 aliphatic heterocycles. The molecule has 0 radical (unpaired) electrons. The summed E-state index contributed by atoms with van der Waals surface area (Å²) in [6.45, 7) is 5.49. The van der Waals surface area contributed by atoms with Gasteiger partial charge in [-0.15, -0.1) is 0 Å². The molecule has 1 N–H and O–H groups in total. The topological polar surface area (TPSA) is 70.0 Å². The second-order valence-electron chi connectivity index (χ2n) is 5.03. The highest BCUT2D eigenvalue weighted by Crippen LogP contribution is 2.24. The molecule has 0 bridgehead atoms. The van der Waals surface area contributed by atoms with Crippen molar-refractivity contribution >= 4 is 15.7 Å². The summed E-state index contributed by atoms with van der Waals surface area (Å²) < 4.78 is 27.7. The number of nitrogens with zero attached hydrogens (tertiary/aromatic N) is 1. The van der Waals surface area contributed by atoms with Crippen molar-refractivity contribution in [2.75, 3.05) is 4.72 Å². The Hall–Kier alpha value is -2.32. The summed E-state index contributed by atoms with van der Waals surface area (Å²) >= 11 is 0. The van der Waals surface area contributed by atoms with Gasteiger partial charge >= 0.3 is 0 Å². The maximum absolute atomic E-state index is 12.6. The van der Waals surface area contributed by atoms with Gasteiger partial charge in [0.1, 0.15) is 0 Å². The highest BCUT2D eigenvalue weighted by molar-refractivity contribution is 7.92. The first-order valence-electron chi connectivity index (χ1n) is 6.44. The van der Waals surface area contributed by atoms with E-state index in [2.05, 4.69) is 4.72 Å². The van der Waals surface area contributed by atoms with Gasteiger partial charge in [0.05, 0.1) is 22.2 Å². The molecule has 0 saturated carbocycles. The van der Waals surface area contributed by atoms with Crippen molar-refractivity contribution in [2.24, 2.45) is 0 Å². The van der Waals surface area contributed by atoms with Crippen molar-refractivity contribution in [2.45, 2.75) is 25.7 Å². The van der Waals surface area contributed by atoms with E-state index in [-0.39, 0.29) is 4.90 Å². The van der Waals surface area contributed by atoms with Crippen molar-refractivity contribution in [3.05, 3.63) is 58.7 Å². The molecule has 0 spiro atoms. The number of aryl methyl sites for hydroxylation is 3. The highest BCUT2D eigenvalue weighted by atomic mass is 32.2. The van der Waals surface area contributed by atoms with Crippen LogP contribution in [0.15, 0.2) is 41.3 Å². The van der Waals surface area contributed by atoms with Crippen LogP contribution < -0.4 is 4.72 Å². The van der Waals surface area contributed by atoms with Gasteiger partial charge in [0.15, 0.2) is 0 Å². The first kappa shape index (κ1) is 15.1. The fourth-order valence-corrected chi connectivity index (χ4v) is 3.95. The molecule has 108 valence electrons. The van der Waals surface area contributed by atoms with Crippen LogP contribution in [0, 0.1) is 32.1 Å². The number of rotatable bonds is 3. The number of benzene rings is 2. The molecule has 0 unspecified atom stereocenters. The Morgan fingerprint density at radius 2 is 1.67 bits per heavy atom. The lowest BCUT2D eigenvalue weighted by Crippen LogP contribution is -2.16. The smallest absolute Gasteiger partial charge is 0.262 e. The Bertz CT molecular complexity index is 811. The number of hydrogen-bond donors (Lipinski definition) is 1. The highest BCUT2D eigenvalue weighted by Gasteiger charge is 2.20. The van der Waals surface area contributed by atoms with Crippen LogP contribution in [0.1, 0.15) is 22.3 Å². The van der Waals surface area contributed by atoms with Gasteiger partial charge in [0, 0.05) is 0 Å².